The fraction of sp³-hybridized carbons (Fsp3) is 0.303. The summed E-state index contributed by atoms with van der Waals surface area (Å²) in [6.45, 7) is 12.0. The summed E-state index contributed by atoms with van der Waals surface area (Å²) in [7, 11) is 2.22. The molecule has 0 aromatic heterocycles. The molecule has 0 saturated carbocycles. The quantitative estimate of drug-likeness (QED) is 0.109. The van der Waals surface area contributed by atoms with Crippen LogP contribution in [0.25, 0.3) is 10.8 Å². The number of hydrogen-bond acceptors (Lipinski definition) is 5. The van der Waals surface area contributed by atoms with Crippen molar-refractivity contribution in [3.63, 3.8) is 0 Å². The van der Waals surface area contributed by atoms with E-state index >= 15 is 0 Å². The third kappa shape index (κ3) is 10.4. The molecule has 0 aliphatic rings. The Hall–Kier alpha value is -2.46. The normalized spacial score (nSPS) is 12.0. The van der Waals surface area contributed by atoms with E-state index in [4.69, 9.17) is 27.4 Å². The average molecular weight is 697 g/mol. The molecule has 0 aliphatic heterocycles. The van der Waals surface area contributed by atoms with Gasteiger partial charge in [-0.05, 0) is 74.6 Å². The van der Waals surface area contributed by atoms with Crippen LogP contribution in [0.2, 0.25) is 4.44 Å². The zero-order chi connectivity index (χ0) is 29.6. The topological polar surface area (TPSA) is 68.5 Å². The van der Waals surface area contributed by atoms with Gasteiger partial charge >= 0.3 is 126 Å². The number of hydrogen-bond donors (Lipinski definition) is 3. The Kier molecular flexibility index (Phi) is 14.1. The van der Waals surface area contributed by atoms with Gasteiger partial charge < -0.3 is 20.1 Å². The van der Waals surface area contributed by atoms with Gasteiger partial charge in [-0.25, -0.2) is 0 Å². The molecule has 2 unspecified atom stereocenters. The van der Waals surface area contributed by atoms with Gasteiger partial charge in [-0.1, -0.05) is 0 Å². The van der Waals surface area contributed by atoms with Crippen LogP contribution in [0.3, 0.4) is 0 Å². The first-order valence-electron chi connectivity index (χ1n) is 14.3. The predicted molar refractivity (Wildman–Crippen MR) is 187 cm³/mol. The van der Waals surface area contributed by atoms with Crippen molar-refractivity contribution >= 4 is 70.4 Å². The SMILES string of the molecule is CCOc1ccc(NC(=S)Nc2ccc(OCC)cc2)cc1.CC[S][SnH]([CH2]C)[c]1cc2ccccc2cc1C(C)N. The van der Waals surface area contributed by atoms with E-state index in [0.29, 0.717) is 18.3 Å². The van der Waals surface area contributed by atoms with Crippen LogP contribution >= 0.6 is 21.2 Å². The summed E-state index contributed by atoms with van der Waals surface area (Å²) >= 11 is 3.60. The monoisotopic (exact) mass is 697 g/mol. The second kappa shape index (κ2) is 17.5. The summed E-state index contributed by atoms with van der Waals surface area (Å²) in [5, 5.41) is 9.49. The van der Waals surface area contributed by atoms with Crippen LogP contribution in [0.4, 0.5) is 11.4 Å². The van der Waals surface area contributed by atoms with Gasteiger partial charge in [-0.3, -0.25) is 0 Å². The van der Waals surface area contributed by atoms with E-state index in [1.165, 1.54) is 26.5 Å². The number of fused-ring (bicyclic) bond motifs is 1. The molecular weight excluding hydrogens is 653 g/mol. The summed E-state index contributed by atoms with van der Waals surface area (Å²) in [5.41, 5.74) is 9.43. The number of rotatable bonds is 11. The third-order valence-electron chi connectivity index (χ3n) is 6.37. The molecule has 4 aromatic rings. The van der Waals surface area contributed by atoms with Gasteiger partial charge in [0.05, 0.1) is 13.2 Å². The zero-order valence-corrected chi connectivity index (χ0v) is 29.7. The minimum atomic E-state index is -1.70. The number of nitrogens with one attached hydrogen (secondary N) is 2. The van der Waals surface area contributed by atoms with Gasteiger partial charge in [0.1, 0.15) is 11.5 Å². The molecule has 0 fully saturated rings. The van der Waals surface area contributed by atoms with Crippen LogP contribution in [0.1, 0.15) is 46.2 Å². The number of anilines is 2. The second-order valence-corrected chi connectivity index (χ2v) is 24.3. The Morgan fingerprint density at radius 2 is 1.29 bits per heavy atom. The third-order valence-corrected chi connectivity index (χ3v) is 23.1. The Labute approximate surface area is 260 Å². The van der Waals surface area contributed by atoms with E-state index in [0.717, 1.165) is 22.9 Å². The van der Waals surface area contributed by atoms with E-state index < -0.39 is 18.4 Å². The molecule has 4 aromatic carbocycles. The van der Waals surface area contributed by atoms with Crippen LogP contribution < -0.4 is 29.4 Å². The van der Waals surface area contributed by atoms with Gasteiger partial charge in [0.15, 0.2) is 5.11 Å². The van der Waals surface area contributed by atoms with Crippen molar-refractivity contribution < 1.29 is 9.47 Å². The molecule has 0 bridgehead atoms. The summed E-state index contributed by atoms with van der Waals surface area (Å²) in [5.74, 6) is 2.93. The molecular formula is C33H43N3O2S2Sn. The van der Waals surface area contributed by atoms with Crippen molar-refractivity contribution in [2.75, 3.05) is 29.6 Å². The number of benzene rings is 4. The summed E-state index contributed by atoms with van der Waals surface area (Å²) < 4.78 is 13.8. The van der Waals surface area contributed by atoms with Crippen molar-refractivity contribution in [3.05, 3.63) is 90.5 Å². The van der Waals surface area contributed by atoms with Crippen molar-refractivity contribution in [1.82, 2.24) is 0 Å². The van der Waals surface area contributed by atoms with E-state index in [1.807, 2.05) is 62.4 Å². The first-order chi connectivity index (χ1) is 19.9. The number of ether oxygens (including phenoxy) is 2. The molecule has 8 heteroatoms. The maximum absolute atomic E-state index is 6.22. The molecule has 0 amide bonds. The van der Waals surface area contributed by atoms with Crippen LogP contribution in [0.5, 0.6) is 11.5 Å². The molecule has 4 N–H and O–H groups in total. The summed E-state index contributed by atoms with van der Waals surface area (Å²) in [6, 6.07) is 28.9. The molecule has 41 heavy (non-hydrogen) atoms. The molecule has 0 heterocycles. The van der Waals surface area contributed by atoms with E-state index in [9.17, 15) is 0 Å². The minimum absolute atomic E-state index is 0.141. The van der Waals surface area contributed by atoms with Crippen LogP contribution in [0, 0.1) is 0 Å². The van der Waals surface area contributed by atoms with Gasteiger partial charge in [0.25, 0.3) is 0 Å². The van der Waals surface area contributed by atoms with Gasteiger partial charge in [-0.15, -0.1) is 0 Å². The molecule has 2 atom stereocenters. The van der Waals surface area contributed by atoms with Crippen molar-refractivity contribution in [2.24, 2.45) is 5.73 Å². The fourth-order valence-electron chi connectivity index (χ4n) is 4.47. The van der Waals surface area contributed by atoms with Gasteiger partial charge in [0.2, 0.25) is 0 Å². The van der Waals surface area contributed by atoms with Crippen molar-refractivity contribution in [3.8, 4) is 11.5 Å². The Bertz CT molecular complexity index is 1310. The second-order valence-electron chi connectivity index (χ2n) is 9.46. The Morgan fingerprint density at radius 1 is 0.805 bits per heavy atom. The molecule has 218 valence electrons. The summed E-state index contributed by atoms with van der Waals surface area (Å²) in [4.78, 5) is 0. The molecule has 0 saturated heterocycles. The van der Waals surface area contributed by atoms with E-state index in [-0.39, 0.29) is 6.04 Å². The first-order valence-corrected chi connectivity index (χ1v) is 23.8. The van der Waals surface area contributed by atoms with Gasteiger partial charge in [0, 0.05) is 11.4 Å². The fourth-order valence-corrected chi connectivity index (χ4v) is 18.2. The van der Waals surface area contributed by atoms with Crippen LogP contribution in [-0.4, -0.2) is 42.5 Å². The van der Waals surface area contributed by atoms with Crippen molar-refractivity contribution in [1.29, 1.82) is 0 Å². The van der Waals surface area contributed by atoms with Gasteiger partial charge in [-0.2, -0.15) is 0 Å². The number of thiocarbonyl (C=S) groups is 1. The van der Waals surface area contributed by atoms with Crippen LogP contribution in [-0.2, 0) is 0 Å². The molecule has 0 aliphatic carbocycles. The standard InChI is InChI=1S/C17H20N2O2S.C12H12N.C2H6S.C2H5.Sn.H/c1-3-20-15-9-5-13(6-10-15)18-17(22)19-14-7-11-16(12-8-14)21-4-2;1-9(13)11-7-6-10-4-2-3-5-12(10)8-11;1-2-3;1-2;;/h5-12H,3-4H2,1-2H3,(H2,18,19,22);2-6,8-9H,13H2,1H3;3H,2H2,1H3;1H2,2H3;;/q;;;;+1;/p-1. The van der Waals surface area contributed by atoms with E-state index in [1.54, 1.807) is 3.58 Å². The molecule has 0 radical (unpaired) electrons. The Balaban J connectivity index is 0.000000228. The predicted octanol–water partition coefficient (Wildman–Crippen LogP) is 7.86. The maximum atomic E-state index is 6.22. The zero-order valence-electron chi connectivity index (χ0n) is 24.8. The number of nitrogens with two attached hydrogens (primary N) is 1. The summed E-state index contributed by atoms with van der Waals surface area (Å²) in [6.07, 6.45) is 0. The molecule has 4 rings (SSSR count). The van der Waals surface area contributed by atoms with E-state index in [2.05, 4.69) is 76.7 Å². The average Bonchev–Trinajstić information content (AvgIpc) is 2.98. The molecule has 0 spiro atoms. The van der Waals surface area contributed by atoms with Crippen molar-refractivity contribution in [2.45, 2.75) is 45.1 Å². The Morgan fingerprint density at radius 3 is 1.71 bits per heavy atom. The first kappa shape index (κ1) is 33.0. The van der Waals surface area contributed by atoms with Crippen LogP contribution in [0.15, 0.2) is 84.9 Å². The molecule has 5 nitrogen and oxygen atoms in total.